The van der Waals surface area contributed by atoms with E-state index >= 15 is 0 Å². The van der Waals surface area contributed by atoms with Gasteiger partial charge in [-0.05, 0) is 12.8 Å². The lowest BCUT2D eigenvalue weighted by atomic mass is 9.61. The summed E-state index contributed by atoms with van der Waals surface area (Å²) < 4.78 is 5.18. The van der Waals surface area contributed by atoms with E-state index in [0.717, 1.165) is 12.8 Å². The van der Waals surface area contributed by atoms with E-state index in [0.29, 0.717) is 6.54 Å². The summed E-state index contributed by atoms with van der Waals surface area (Å²) in [7, 11) is 1.64. The van der Waals surface area contributed by atoms with Crippen LogP contribution in [0.25, 0.3) is 0 Å². The van der Waals surface area contributed by atoms with E-state index in [4.69, 9.17) is 10.5 Å². The average molecular weight is 173 g/mol. The highest BCUT2D eigenvalue weighted by molar-refractivity contribution is 5.06. The summed E-state index contributed by atoms with van der Waals surface area (Å²) in [6.45, 7) is 4.46. The Labute approximate surface area is 73.9 Å². The molecule has 3 heteroatoms. The minimum absolute atomic E-state index is 0.0314. The number of methoxy groups -OCH3 is 1. The molecule has 1 saturated carbocycles. The molecule has 3 N–H and O–H groups in total. The van der Waals surface area contributed by atoms with Crippen LogP contribution in [0.15, 0.2) is 0 Å². The number of nitrogens with two attached hydrogens (primary N) is 1. The average Bonchev–Trinajstić information content (AvgIpc) is 2.02. The lowest BCUT2D eigenvalue weighted by molar-refractivity contribution is -0.214. The fourth-order valence-electron chi connectivity index (χ4n) is 1.80. The molecule has 1 fully saturated rings. The van der Waals surface area contributed by atoms with Gasteiger partial charge in [0.25, 0.3) is 0 Å². The SMILES string of the molecule is COC1CCC1(O)C(C)(C)CN. The van der Waals surface area contributed by atoms with Crippen LogP contribution in [0.5, 0.6) is 0 Å². The van der Waals surface area contributed by atoms with Crippen LogP contribution >= 0.6 is 0 Å². The highest BCUT2D eigenvalue weighted by atomic mass is 16.5. The van der Waals surface area contributed by atoms with Crippen LogP contribution in [-0.4, -0.2) is 30.5 Å². The molecule has 0 amide bonds. The Balaban J connectivity index is 2.71. The van der Waals surface area contributed by atoms with Crippen molar-refractivity contribution in [3.8, 4) is 0 Å². The molecule has 72 valence electrons. The fourth-order valence-corrected chi connectivity index (χ4v) is 1.80. The molecule has 1 aliphatic carbocycles. The molecule has 1 aliphatic rings. The van der Waals surface area contributed by atoms with Gasteiger partial charge in [-0.1, -0.05) is 13.8 Å². The molecule has 0 aliphatic heterocycles. The van der Waals surface area contributed by atoms with Crippen molar-refractivity contribution in [2.45, 2.75) is 38.4 Å². The molecule has 0 aromatic heterocycles. The second-order valence-corrected chi connectivity index (χ2v) is 4.28. The van der Waals surface area contributed by atoms with Crippen LogP contribution < -0.4 is 5.73 Å². The summed E-state index contributed by atoms with van der Waals surface area (Å²) in [6.07, 6.45) is 1.71. The zero-order chi connectivity index (χ0) is 9.41. The Kier molecular flexibility index (Phi) is 2.47. The Morgan fingerprint density at radius 3 is 2.50 bits per heavy atom. The first kappa shape index (κ1) is 9.96. The highest BCUT2D eigenvalue weighted by Gasteiger charge is 2.55. The summed E-state index contributed by atoms with van der Waals surface area (Å²) in [5, 5.41) is 10.2. The summed E-state index contributed by atoms with van der Waals surface area (Å²) >= 11 is 0. The van der Waals surface area contributed by atoms with Crippen LogP contribution in [0.4, 0.5) is 0 Å². The second-order valence-electron chi connectivity index (χ2n) is 4.28. The number of aliphatic hydroxyl groups is 1. The van der Waals surface area contributed by atoms with Gasteiger partial charge in [-0.2, -0.15) is 0 Å². The number of ether oxygens (including phenoxy) is 1. The lowest BCUT2D eigenvalue weighted by Gasteiger charge is -2.53. The first-order valence-electron chi connectivity index (χ1n) is 4.43. The van der Waals surface area contributed by atoms with Gasteiger partial charge >= 0.3 is 0 Å². The van der Waals surface area contributed by atoms with E-state index in [1.165, 1.54) is 0 Å². The smallest absolute Gasteiger partial charge is 0.0971 e. The van der Waals surface area contributed by atoms with Crippen molar-refractivity contribution < 1.29 is 9.84 Å². The van der Waals surface area contributed by atoms with E-state index in [1.807, 2.05) is 13.8 Å². The van der Waals surface area contributed by atoms with E-state index in [-0.39, 0.29) is 11.5 Å². The zero-order valence-electron chi connectivity index (χ0n) is 8.13. The molecular formula is C9H19NO2. The van der Waals surface area contributed by atoms with Crippen molar-refractivity contribution in [1.82, 2.24) is 0 Å². The predicted molar refractivity (Wildman–Crippen MR) is 47.8 cm³/mol. The van der Waals surface area contributed by atoms with Crippen LogP contribution in [0.1, 0.15) is 26.7 Å². The third-order valence-corrected chi connectivity index (χ3v) is 3.29. The Morgan fingerprint density at radius 2 is 2.25 bits per heavy atom. The summed E-state index contributed by atoms with van der Waals surface area (Å²) in [4.78, 5) is 0. The number of rotatable bonds is 3. The van der Waals surface area contributed by atoms with Crippen molar-refractivity contribution in [2.24, 2.45) is 11.1 Å². The lowest BCUT2D eigenvalue weighted by Crippen LogP contribution is -2.63. The maximum atomic E-state index is 10.2. The topological polar surface area (TPSA) is 55.5 Å². The molecule has 0 bridgehead atoms. The first-order valence-corrected chi connectivity index (χ1v) is 4.43. The molecule has 0 radical (unpaired) electrons. The van der Waals surface area contributed by atoms with Crippen LogP contribution in [0, 0.1) is 5.41 Å². The van der Waals surface area contributed by atoms with Gasteiger partial charge in [0.1, 0.15) is 0 Å². The summed E-state index contributed by atoms with van der Waals surface area (Å²) in [5.74, 6) is 0. The number of hydrogen-bond donors (Lipinski definition) is 2. The van der Waals surface area contributed by atoms with E-state index in [9.17, 15) is 5.11 Å². The standard InChI is InChI=1S/C9H19NO2/c1-8(2,6-10)9(11)5-4-7(9)12-3/h7,11H,4-6,10H2,1-3H3. The molecule has 0 heterocycles. The van der Waals surface area contributed by atoms with Crippen LogP contribution in [0.3, 0.4) is 0 Å². The van der Waals surface area contributed by atoms with Crippen molar-refractivity contribution in [3.63, 3.8) is 0 Å². The van der Waals surface area contributed by atoms with Gasteiger partial charge in [0, 0.05) is 19.1 Å². The van der Waals surface area contributed by atoms with E-state index in [1.54, 1.807) is 7.11 Å². The Morgan fingerprint density at radius 1 is 1.67 bits per heavy atom. The normalized spacial score (nSPS) is 36.2. The third kappa shape index (κ3) is 1.16. The monoisotopic (exact) mass is 173 g/mol. The molecule has 12 heavy (non-hydrogen) atoms. The summed E-state index contributed by atoms with van der Waals surface area (Å²) in [6, 6.07) is 0. The highest BCUT2D eigenvalue weighted by Crippen LogP contribution is 2.46. The summed E-state index contributed by atoms with van der Waals surface area (Å²) in [5.41, 5.74) is 4.65. The second kappa shape index (κ2) is 2.98. The van der Waals surface area contributed by atoms with Gasteiger partial charge in [-0.3, -0.25) is 0 Å². The largest absolute Gasteiger partial charge is 0.387 e. The fraction of sp³-hybridized carbons (Fsp3) is 1.00. The third-order valence-electron chi connectivity index (χ3n) is 3.29. The van der Waals surface area contributed by atoms with Gasteiger partial charge in [0.15, 0.2) is 0 Å². The maximum absolute atomic E-state index is 10.2. The zero-order valence-corrected chi connectivity index (χ0v) is 8.13. The Hall–Kier alpha value is -0.120. The first-order chi connectivity index (χ1) is 5.48. The van der Waals surface area contributed by atoms with Gasteiger partial charge in [-0.25, -0.2) is 0 Å². The van der Waals surface area contributed by atoms with Crippen LogP contribution in [0.2, 0.25) is 0 Å². The van der Waals surface area contributed by atoms with Crippen molar-refractivity contribution in [2.75, 3.05) is 13.7 Å². The molecule has 0 saturated heterocycles. The number of hydrogen-bond acceptors (Lipinski definition) is 3. The molecular weight excluding hydrogens is 154 g/mol. The maximum Gasteiger partial charge on any atom is 0.0971 e. The van der Waals surface area contributed by atoms with Crippen molar-refractivity contribution >= 4 is 0 Å². The molecule has 2 unspecified atom stereocenters. The van der Waals surface area contributed by atoms with Gasteiger partial charge < -0.3 is 15.6 Å². The van der Waals surface area contributed by atoms with Gasteiger partial charge in [0.05, 0.1) is 11.7 Å². The quantitative estimate of drug-likeness (QED) is 0.654. The Bertz CT molecular complexity index is 168. The minimum atomic E-state index is -0.712. The molecule has 0 spiro atoms. The van der Waals surface area contributed by atoms with Gasteiger partial charge in [-0.15, -0.1) is 0 Å². The van der Waals surface area contributed by atoms with Gasteiger partial charge in [0.2, 0.25) is 0 Å². The predicted octanol–water partition coefficient (Wildman–Crippen LogP) is 0.511. The van der Waals surface area contributed by atoms with E-state index < -0.39 is 5.60 Å². The van der Waals surface area contributed by atoms with Crippen molar-refractivity contribution in [3.05, 3.63) is 0 Å². The van der Waals surface area contributed by atoms with Crippen LogP contribution in [-0.2, 0) is 4.74 Å². The molecule has 1 rings (SSSR count). The molecule has 0 aromatic rings. The minimum Gasteiger partial charge on any atom is -0.387 e. The molecule has 3 nitrogen and oxygen atoms in total. The molecule has 0 aromatic carbocycles. The molecule has 2 atom stereocenters. The van der Waals surface area contributed by atoms with E-state index in [2.05, 4.69) is 0 Å². The van der Waals surface area contributed by atoms with Crippen molar-refractivity contribution in [1.29, 1.82) is 0 Å².